The van der Waals surface area contributed by atoms with E-state index in [1.165, 1.54) is 0 Å². The molecular formula is C20H19ClN2O3. The summed E-state index contributed by atoms with van der Waals surface area (Å²) in [5.41, 5.74) is 1.21. The van der Waals surface area contributed by atoms with E-state index in [0.717, 1.165) is 17.7 Å². The Morgan fingerprint density at radius 1 is 1.08 bits per heavy atom. The lowest BCUT2D eigenvalue weighted by atomic mass is 10.1. The average Bonchev–Trinajstić information content (AvgIpc) is 2.87. The quantitative estimate of drug-likeness (QED) is 0.777. The molecule has 1 atom stereocenters. The number of rotatable bonds is 6. The van der Waals surface area contributed by atoms with Crippen LogP contribution in [0.3, 0.4) is 0 Å². The number of halogens is 1. The van der Waals surface area contributed by atoms with Gasteiger partial charge in [0.15, 0.2) is 0 Å². The van der Waals surface area contributed by atoms with Gasteiger partial charge in [-0.3, -0.25) is 19.3 Å². The Bertz CT molecular complexity index is 831. The standard InChI is InChI=1S/C20H19ClN2O3/c1-2-3-11-17(18(24)22-14-8-6-7-13(21)12-14)23-19(25)15-9-4-5-10-16(15)20(23)26/h4-10,12,17H,2-3,11H2,1H3,(H,22,24)/t17-/m0/s1. The second-order valence-electron chi connectivity index (χ2n) is 6.18. The normalized spacial score (nSPS) is 14.3. The van der Waals surface area contributed by atoms with E-state index in [-0.39, 0.29) is 0 Å². The minimum Gasteiger partial charge on any atom is -0.324 e. The SMILES string of the molecule is CCCC[C@@H](C(=O)Nc1cccc(Cl)c1)N1C(=O)c2ccccc2C1=O. The second-order valence-corrected chi connectivity index (χ2v) is 6.62. The van der Waals surface area contributed by atoms with Gasteiger partial charge in [0.05, 0.1) is 11.1 Å². The zero-order chi connectivity index (χ0) is 18.7. The molecule has 134 valence electrons. The summed E-state index contributed by atoms with van der Waals surface area (Å²) in [4.78, 5) is 39.4. The van der Waals surface area contributed by atoms with Crippen LogP contribution in [0.25, 0.3) is 0 Å². The highest BCUT2D eigenvalue weighted by Crippen LogP contribution is 2.27. The molecule has 0 fully saturated rings. The number of anilines is 1. The first kappa shape index (κ1) is 18.1. The third-order valence-electron chi connectivity index (χ3n) is 4.36. The molecule has 0 aliphatic carbocycles. The zero-order valence-electron chi connectivity index (χ0n) is 14.4. The molecule has 1 aliphatic heterocycles. The topological polar surface area (TPSA) is 66.5 Å². The molecule has 0 spiro atoms. The van der Waals surface area contributed by atoms with Gasteiger partial charge < -0.3 is 5.32 Å². The van der Waals surface area contributed by atoms with Gasteiger partial charge >= 0.3 is 0 Å². The van der Waals surface area contributed by atoms with Gasteiger partial charge in [-0.15, -0.1) is 0 Å². The van der Waals surface area contributed by atoms with Crippen molar-refractivity contribution in [3.63, 3.8) is 0 Å². The highest BCUT2D eigenvalue weighted by atomic mass is 35.5. The Kier molecular flexibility index (Phi) is 5.38. The number of hydrogen-bond donors (Lipinski definition) is 1. The number of carbonyl (C=O) groups is 3. The summed E-state index contributed by atoms with van der Waals surface area (Å²) in [6, 6.07) is 12.5. The van der Waals surface area contributed by atoms with Gasteiger partial charge in [0.25, 0.3) is 11.8 Å². The van der Waals surface area contributed by atoms with Crippen molar-refractivity contribution in [2.24, 2.45) is 0 Å². The van der Waals surface area contributed by atoms with Gasteiger partial charge in [-0.25, -0.2) is 0 Å². The van der Waals surface area contributed by atoms with E-state index in [9.17, 15) is 14.4 Å². The number of unbranched alkanes of at least 4 members (excludes halogenated alkanes) is 1. The molecule has 6 heteroatoms. The number of carbonyl (C=O) groups excluding carboxylic acids is 3. The smallest absolute Gasteiger partial charge is 0.262 e. The van der Waals surface area contributed by atoms with Crippen molar-refractivity contribution in [3.8, 4) is 0 Å². The molecule has 1 N–H and O–H groups in total. The van der Waals surface area contributed by atoms with Gasteiger partial charge in [-0.1, -0.05) is 49.6 Å². The predicted octanol–water partition coefficient (Wildman–Crippen LogP) is 4.13. The Labute approximate surface area is 156 Å². The number of amides is 3. The average molecular weight is 371 g/mol. The van der Waals surface area contributed by atoms with E-state index in [4.69, 9.17) is 11.6 Å². The van der Waals surface area contributed by atoms with Crippen LogP contribution in [0.4, 0.5) is 5.69 Å². The number of nitrogens with one attached hydrogen (secondary N) is 1. The minimum atomic E-state index is -0.860. The number of benzene rings is 2. The molecule has 0 saturated heterocycles. The van der Waals surface area contributed by atoms with Crippen molar-refractivity contribution in [1.82, 2.24) is 4.90 Å². The van der Waals surface area contributed by atoms with Crippen molar-refractivity contribution >= 4 is 35.0 Å². The Balaban J connectivity index is 1.88. The monoisotopic (exact) mass is 370 g/mol. The maximum Gasteiger partial charge on any atom is 0.262 e. The minimum absolute atomic E-state index is 0.342. The van der Waals surface area contributed by atoms with Crippen LogP contribution in [-0.2, 0) is 4.79 Å². The van der Waals surface area contributed by atoms with Crippen molar-refractivity contribution in [1.29, 1.82) is 0 Å². The third-order valence-corrected chi connectivity index (χ3v) is 4.60. The van der Waals surface area contributed by atoms with E-state index in [1.807, 2.05) is 6.92 Å². The first-order chi connectivity index (χ1) is 12.5. The van der Waals surface area contributed by atoms with E-state index in [1.54, 1.807) is 48.5 Å². The fourth-order valence-corrected chi connectivity index (χ4v) is 3.25. The summed E-state index contributed by atoms with van der Waals surface area (Å²) >= 11 is 5.96. The highest BCUT2D eigenvalue weighted by Gasteiger charge is 2.42. The largest absolute Gasteiger partial charge is 0.324 e. The second kappa shape index (κ2) is 7.70. The van der Waals surface area contributed by atoms with Crippen LogP contribution in [0.5, 0.6) is 0 Å². The van der Waals surface area contributed by atoms with Crippen molar-refractivity contribution in [2.75, 3.05) is 5.32 Å². The molecule has 0 aromatic heterocycles. The van der Waals surface area contributed by atoms with E-state index >= 15 is 0 Å². The summed E-state index contributed by atoms with van der Waals surface area (Å²) in [6.07, 6.45) is 1.99. The lowest BCUT2D eigenvalue weighted by Crippen LogP contribution is -2.47. The Morgan fingerprint density at radius 2 is 1.73 bits per heavy atom. The maximum absolute atomic E-state index is 12.9. The summed E-state index contributed by atoms with van der Waals surface area (Å²) in [5.74, 6) is -1.24. The van der Waals surface area contributed by atoms with E-state index < -0.39 is 23.8 Å². The van der Waals surface area contributed by atoms with Crippen LogP contribution in [0.15, 0.2) is 48.5 Å². The third kappa shape index (κ3) is 3.48. The van der Waals surface area contributed by atoms with Gasteiger partial charge in [-0.05, 0) is 36.8 Å². The lowest BCUT2D eigenvalue weighted by molar-refractivity contribution is -0.120. The summed E-state index contributed by atoms with van der Waals surface area (Å²) < 4.78 is 0. The predicted molar refractivity (Wildman–Crippen MR) is 100 cm³/mol. The lowest BCUT2D eigenvalue weighted by Gasteiger charge is -2.25. The summed E-state index contributed by atoms with van der Waals surface area (Å²) in [5, 5.41) is 3.26. The molecule has 5 nitrogen and oxygen atoms in total. The highest BCUT2D eigenvalue weighted by molar-refractivity contribution is 6.31. The van der Waals surface area contributed by atoms with Crippen molar-refractivity contribution in [3.05, 3.63) is 64.7 Å². The van der Waals surface area contributed by atoms with Gasteiger partial charge in [-0.2, -0.15) is 0 Å². The molecule has 3 rings (SSSR count). The first-order valence-corrected chi connectivity index (χ1v) is 8.94. The molecular weight excluding hydrogens is 352 g/mol. The fraction of sp³-hybridized carbons (Fsp3) is 0.250. The van der Waals surface area contributed by atoms with Gasteiger partial charge in [0.1, 0.15) is 6.04 Å². The zero-order valence-corrected chi connectivity index (χ0v) is 15.1. The number of nitrogens with zero attached hydrogens (tertiary/aromatic N) is 1. The molecule has 2 aromatic rings. The van der Waals surface area contributed by atoms with Crippen LogP contribution in [0, 0.1) is 0 Å². The molecule has 0 unspecified atom stereocenters. The van der Waals surface area contributed by atoms with E-state index in [2.05, 4.69) is 5.32 Å². The molecule has 2 aromatic carbocycles. The van der Waals surface area contributed by atoms with Gasteiger partial charge in [0, 0.05) is 10.7 Å². The van der Waals surface area contributed by atoms with Crippen LogP contribution in [0.2, 0.25) is 5.02 Å². The number of hydrogen-bond acceptors (Lipinski definition) is 3. The molecule has 26 heavy (non-hydrogen) atoms. The van der Waals surface area contributed by atoms with E-state index in [0.29, 0.717) is 28.3 Å². The van der Waals surface area contributed by atoms with Crippen LogP contribution in [0.1, 0.15) is 46.9 Å². The van der Waals surface area contributed by atoms with Crippen molar-refractivity contribution in [2.45, 2.75) is 32.2 Å². The summed E-state index contributed by atoms with van der Waals surface area (Å²) in [6.45, 7) is 1.99. The Hall–Kier alpha value is -2.66. The molecule has 3 amide bonds. The van der Waals surface area contributed by atoms with Crippen LogP contribution in [-0.4, -0.2) is 28.7 Å². The van der Waals surface area contributed by atoms with Crippen LogP contribution >= 0.6 is 11.6 Å². The molecule has 0 saturated carbocycles. The number of imide groups is 1. The fourth-order valence-electron chi connectivity index (χ4n) is 3.06. The van der Waals surface area contributed by atoms with Crippen molar-refractivity contribution < 1.29 is 14.4 Å². The molecule has 0 bridgehead atoms. The first-order valence-electron chi connectivity index (χ1n) is 8.56. The molecule has 1 aliphatic rings. The Morgan fingerprint density at radius 3 is 2.31 bits per heavy atom. The molecule has 0 radical (unpaired) electrons. The van der Waals surface area contributed by atoms with Gasteiger partial charge in [0.2, 0.25) is 5.91 Å². The number of fused-ring (bicyclic) bond motifs is 1. The molecule has 1 heterocycles. The summed E-state index contributed by atoms with van der Waals surface area (Å²) in [7, 11) is 0. The maximum atomic E-state index is 12.9. The van der Waals surface area contributed by atoms with Crippen LogP contribution < -0.4 is 5.32 Å².